The molecule has 0 amide bonds. The number of anilines is 1. The molecule has 9 nitrogen and oxygen atoms in total. The summed E-state index contributed by atoms with van der Waals surface area (Å²) < 4.78 is 30.4. The molecular formula is C33H41ClN2O7S. The van der Waals surface area contributed by atoms with Crippen LogP contribution in [0.2, 0.25) is 5.02 Å². The summed E-state index contributed by atoms with van der Waals surface area (Å²) >= 11 is 6.36. The number of hydrogen-bond donors (Lipinski definition) is 4. The molecule has 2 fully saturated rings. The largest absolute Gasteiger partial charge is 0.490 e. The number of aliphatic hydroxyl groups is 2. The minimum Gasteiger partial charge on any atom is -0.490 e. The summed E-state index contributed by atoms with van der Waals surface area (Å²) in [6.45, 7) is 1.78. The number of allylic oxidation sites excluding steroid dienone is 1. The molecule has 3 aliphatic carbocycles. The number of nitrogens with two attached hydrogens (primary N) is 1. The van der Waals surface area contributed by atoms with Crippen molar-refractivity contribution in [2.45, 2.75) is 74.2 Å². The number of aliphatic hydroxyl groups excluding tert-OH is 2. The molecule has 2 aromatic carbocycles. The van der Waals surface area contributed by atoms with Crippen molar-refractivity contribution < 1.29 is 33.3 Å². The van der Waals surface area contributed by atoms with Crippen LogP contribution >= 0.6 is 11.6 Å². The monoisotopic (exact) mass is 644 g/mol. The SMILES string of the molecule is NS(=O)(=O)[C@H]1C[C@@H](O)C[C@@H]1C/C=C/[C@H](O)[C@@H]1CC[C@H]1CN1C[C@@]2(CCCc3cc(Cl)ccc32)COc2ccc(C(=O)O)cc21. The van der Waals surface area contributed by atoms with Crippen molar-refractivity contribution >= 4 is 33.3 Å². The average molecular weight is 645 g/mol. The molecule has 5 N–H and O–H groups in total. The lowest BCUT2D eigenvalue weighted by atomic mass is 9.68. The highest BCUT2D eigenvalue weighted by Crippen LogP contribution is 2.47. The van der Waals surface area contributed by atoms with Crippen LogP contribution in [0.15, 0.2) is 48.6 Å². The molecule has 2 aromatic rings. The van der Waals surface area contributed by atoms with Crippen LogP contribution < -0.4 is 14.8 Å². The van der Waals surface area contributed by atoms with Gasteiger partial charge >= 0.3 is 5.97 Å². The highest BCUT2D eigenvalue weighted by atomic mass is 35.5. The molecular weight excluding hydrogens is 604 g/mol. The van der Waals surface area contributed by atoms with E-state index in [1.165, 1.54) is 11.1 Å². The van der Waals surface area contributed by atoms with Crippen molar-refractivity contribution in [2.75, 3.05) is 24.6 Å². The highest BCUT2D eigenvalue weighted by Gasteiger charge is 2.44. The molecule has 6 rings (SSSR count). The molecule has 0 unspecified atom stereocenters. The Morgan fingerprint density at radius 2 is 2.00 bits per heavy atom. The van der Waals surface area contributed by atoms with Crippen molar-refractivity contribution in [3.63, 3.8) is 0 Å². The Morgan fingerprint density at radius 3 is 2.73 bits per heavy atom. The van der Waals surface area contributed by atoms with Gasteiger partial charge in [-0.1, -0.05) is 29.8 Å². The van der Waals surface area contributed by atoms with Crippen molar-refractivity contribution in [2.24, 2.45) is 22.9 Å². The van der Waals surface area contributed by atoms with Gasteiger partial charge in [-0.25, -0.2) is 18.4 Å². The molecule has 44 heavy (non-hydrogen) atoms. The molecule has 0 radical (unpaired) electrons. The number of ether oxygens (including phenoxy) is 1. The average Bonchev–Trinajstić information content (AvgIpc) is 3.26. The number of carboxylic acid groups (broad SMARTS) is 1. The van der Waals surface area contributed by atoms with Crippen LogP contribution in [0, 0.1) is 17.8 Å². The van der Waals surface area contributed by atoms with Gasteiger partial charge in [-0.3, -0.25) is 0 Å². The normalized spacial score (nSPS) is 30.7. The Bertz CT molecular complexity index is 1550. The van der Waals surface area contributed by atoms with E-state index in [0.29, 0.717) is 43.3 Å². The fraction of sp³-hybridized carbons (Fsp3) is 0.545. The first-order valence-electron chi connectivity index (χ1n) is 15.5. The third-order valence-corrected chi connectivity index (χ3v) is 12.1. The Labute approximate surface area is 263 Å². The molecule has 4 aliphatic rings. The third-order valence-electron chi connectivity index (χ3n) is 10.5. The molecule has 2 saturated carbocycles. The van der Waals surface area contributed by atoms with Gasteiger partial charge in [0, 0.05) is 23.5 Å². The second-order valence-electron chi connectivity index (χ2n) is 13.3. The van der Waals surface area contributed by atoms with E-state index in [-0.39, 0.29) is 35.2 Å². The van der Waals surface area contributed by atoms with Gasteiger partial charge in [-0.15, -0.1) is 0 Å². The number of hydrogen-bond acceptors (Lipinski definition) is 7. The van der Waals surface area contributed by atoms with Gasteiger partial charge in [0.1, 0.15) is 5.75 Å². The third kappa shape index (κ3) is 6.24. The fourth-order valence-corrected chi connectivity index (χ4v) is 9.49. The smallest absolute Gasteiger partial charge is 0.335 e. The maximum absolute atomic E-state index is 12.0. The van der Waals surface area contributed by atoms with Crippen molar-refractivity contribution in [1.82, 2.24) is 0 Å². The number of nitrogens with zero attached hydrogens (tertiary/aromatic N) is 1. The number of carboxylic acids is 1. The van der Waals surface area contributed by atoms with Crippen LogP contribution in [0.3, 0.4) is 0 Å². The summed E-state index contributed by atoms with van der Waals surface area (Å²) in [6, 6.07) is 11.1. The number of benzene rings is 2. The first-order valence-corrected chi connectivity index (χ1v) is 17.5. The zero-order chi connectivity index (χ0) is 31.2. The van der Waals surface area contributed by atoms with Crippen LogP contribution in [-0.2, 0) is 21.9 Å². The quantitative estimate of drug-likeness (QED) is 0.311. The molecule has 1 spiro atoms. The zero-order valence-corrected chi connectivity index (χ0v) is 26.2. The van der Waals surface area contributed by atoms with Crippen LogP contribution in [-0.4, -0.2) is 66.9 Å². The van der Waals surface area contributed by atoms with E-state index in [0.717, 1.165) is 37.8 Å². The number of halogens is 1. The van der Waals surface area contributed by atoms with Gasteiger partial charge < -0.3 is 25.0 Å². The molecule has 0 aromatic heterocycles. The Balaban J connectivity index is 1.22. The number of fused-ring (bicyclic) bond motifs is 3. The maximum Gasteiger partial charge on any atom is 0.335 e. The van der Waals surface area contributed by atoms with E-state index in [1.54, 1.807) is 24.3 Å². The van der Waals surface area contributed by atoms with Crippen LogP contribution in [0.25, 0.3) is 0 Å². The van der Waals surface area contributed by atoms with E-state index < -0.39 is 33.5 Å². The Kier molecular flexibility index (Phi) is 8.75. The lowest BCUT2D eigenvalue weighted by Crippen LogP contribution is -2.49. The lowest BCUT2D eigenvalue weighted by Gasteiger charge is -2.45. The van der Waals surface area contributed by atoms with E-state index in [4.69, 9.17) is 21.5 Å². The van der Waals surface area contributed by atoms with Gasteiger partial charge in [-0.05, 0) is 111 Å². The van der Waals surface area contributed by atoms with Gasteiger partial charge in [0.15, 0.2) is 0 Å². The minimum atomic E-state index is -3.75. The minimum absolute atomic E-state index is 0.0122. The Morgan fingerprint density at radius 1 is 1.18 bits per heavy atom. The van der Waals surface area contributed by atoms with E-state index in [1.807, 2.05) is 18.2 Å². The second kappa shape index (κ2) is 12.3. The van der Waals surface area contributed by atoms with E-state index in [2.05, 4.69) is 11.0 Å². The van der Waals surface area contributed by atoms with Gasteiger partial charge in [0.2, 0.25) is 10.0 Å². The Hall–Kier alpha value is -2.63. The number of aryl methyl sites for hydroxylation is 1. The number of carbonyl (C=O) groups is 1. The van der Waals surface area contributed by atoms with Crippen molar-refractivity contribution in [3.05, 3.63) is 70.3 Å². The summed E-state index contributed by atoms with van der Waals surface area (Å²) in [5.74, 6) is -0.427. The summed E-state index contributed by atoms with van der Waals surface area (Å²) in [6.07, 6.45) is 7.83. The number of sulfonamides is 1. The van der Waals surface area contributed by atoms with Crippen molar-refractivity contribution in [1.29, 1.82) is 0 Å². The summed E-state index contributed by atoms with van der Waals surface area (Å²) in [4.78, 5) is 14.2. The lowest BCUT2D eigenvalue weighted by molar-refractivity contribution is 0.0455. The highest BCUT2D eigenvalue weighted by molar-refractivity contribution is 7.89. The summed E-state index contributed by atoms with van der Waals surface area (Å²) in [5, 5.41) is 36.3. The van der Waals surface area contributed by atoms with E-state index >= 15 is 0 Å². The second-order valence-corrected chi connectivity index (χ2v) is 15.5. The molecule has 11 heteroatoms. The van der Waals surface area contributed by atoms with Crippen LogP contribution in [0.1, 0.15) is 66.4 Å². The molecule has 1 aliphatic heterocycles. The zero-order valence-electron chi connectivity index (χ0n) is 24.6. The van der Waals surface area contributed by atoms with Crippen molar-refractivity contribution in [3.8, 4) is 5.75 Å². The van der Waals surface area contributed by atoms with Crippen LogP contribution in [0.5, 0.6) is 5.75 Å². The predicted molar refractivity (Wildman–Crippen MR) is 169 cm³/mol. The number of aromatic carboxylic acids is 1. The summed E-state index contributed by atoms with van der Waals surface area (Å²) in [5.41, 5.74) is 3.13. The standard InChI is InChI=1S/C33H41ClN2O7S/c34-24-8-10-27-20(13-24)4-2-12-33(27)18-36(28-15-22(32(39)40)7-11-30(28)43-19-33)17-23-6-9-26(23)29(38)5-1-3-21-14-25(37)16-31(21)44(35,41)42/h1,5,7-8,10-11,13,15,21,23,25-26,29,31,37-38H,2-4,6,9,12,14,16-19H2,(H,39,40)(H2,35,41,42)/b5-1+/t21-,23-,25-,26+,29-,31-,33-/m0/s1. The van der Waals surface area contributed by atoms with Gasteiger partial charge in [0.25, 0.3) is 0 Å². The first-order chi connectivity index (χ1) is 20.9. The first kappa shape index (κ1) is 31.4. The molecule has 238 valence electrons. The maximum atomic E-state index is 12.0. The van der Waals surface area contributed by atoms with Gasteiger partial charge in [-0.2, -0.15) is 0 Å². The molecule has 0 saturated heterocycles. The molecule has 1 heterocycles. The predicted octanol–water partition coefficient (Wildman–Crippen LogP) is 4.27. The summed E-state index contributed by atoms with van der Waals surface area (Å²) in [7, 11) is -3.75. The fourth-order valence-electron chi connectivity index (χ4n) is 8.05. The number of rotatable bonds is 8. The van der Waals surface area contributed by atoms with E-state index in [9.17, 15) is 28.5 Å². The molecule has 7 atom stereocenters. The molecule has 0 bridgehead atoms. The van der Waals surface area contributed by atoms with Crippen LogP contribution in [0.4, 0.5) is 5.69 Å². The van der Waals surface area contributed by atoms with Gasteiger partial charge in [0.05, 0.1) is 35.3 Å². The topological polar surface area (TPSA) is 150 Å². The number of primary sulfonamides is 1.